The SMILES string of the molecule is CCn1nc(C(F)F)c(C(=O)NN2CCCC2)c1F. The summed E-state index contributed by atoms with van der Waals surface area (Å²) in [4.78, 5) is 11.9. The molecular formula is C11H15F3N4O. The van der Waals surface area contributed by atoms with Gasteiger partial charge in [-0.25, -0.2) is 18.5 Å². The van der Waals surface area contributed by atoms with Crippen LogP contribution in [0.25, 0.3) is 0 Å². The summed E-state index contributed by atoms with van der Waals surface area (Å²) >= 11 is 0. The van der Waals surface area contributed by atoms with Crippen LogP contribution < -0.4 is 5.43 Å². The van der Waals surface area contributed by atoms with Crippen LogP contribution >= 0.6 is 0 Å². The highest BCUT2D eigenvalue weighted by Crippen LogP contribution is 2.24. The summed E-state index contributed by atoms with van der Waals surface area (Å²) in [6.07, 6.45) is -1.15. The van der Waals surface area contributed by atoms with E-state index >= 15 is 0 Å². The lowest BCUT2D eigenvalue weighted by Gasteiger charge is -2.15. The number of carbonyl (C=O) groups excluding carboxylic acids is 1. The molecule has 2 rings (SSSR count). The number of nitrogens with one attached hydrogen (secondary N) is 1. The molecule has 1 aliphatic heterocycles. The van der Waals surface area contributed by atoms with E-state index < -0.39 is 29.5 Å². The zero-order chi connectivity index (χ0) is 14.0. The third kappa shape index (κ3) is 2.73. The predicted octanol–water partition coefficient (Wildman–Crippen LogP) is 1.72. The molecule has 0 atom stereocenters. The van der Waals surface area contributed by atoms with Crippen molar-refractivity contribution >= 4 is 5.91 Å². The average Bonchev–Trinajstić information content (AvgIpc) is 2.96. The highest BCUT2D eigenvalue weighted by molar-refractivity contribution is 5.95. The molecule has 0 unspecified atom stereocenters. The molecule has 0 aliphatic carbocycles. The molecule has 0 saturated carbocycles. The fraction of sp³-hybridized carbons (Fsp3) is 0.636. The fourth-order valence-corrected chi connectivity index (χ4v) is 2.06. The van der Waals surface area contributed by atoms with Crippen LogP contribution in [0.15, 0.2) is 0 Å². The summed E-state index contributed by atoms with van der Waals surface area (Å²) in [5.41, 5.74) is 0.964. The van der Waals surface area contributed by atoms with Crippen LogP contribution in [0, 0.1) is 5.95 Å². The number of amides is 1. The van der Waals surface area contributed by atoms with E-state index in [-0.39, 0.29) is 6.54 Å². The number of carbonyl (C=O) groups is 1. The largest absolute Gasteiger partial charge is 0.285 e. The monoisotopic (exact) mass is 276 g/mol. The minimum Gasteiger partial charge on any atom is -0.285 e. The molecule has 1 N–H and O–H groups in total. The lowest BCUT2D eigenvalue weighted by Crippen LogP contribution is -2.40. The summed E-state index contributed by atoms with van der Waals surface area (Å²) in [5.74, 6) is -1.89. The molecule has 0 spiro atoms. The zero-order valence-electron chi connectivity index (χ0n) is 10.5. The number of aromatic nitrogens is 2. The van der Waals surface area contributed by atoms with Gasteiger partial charge in [0.2, 0.25) is 5.95 Å². The third-order valence-corrected chi connectivity index (χ3v) is 3.02. The Morgan fingerprint density at radius 1 is 1.42 bits per heavy atom. The van der Waals surface area contributed by atoms with Crippen LogP contribution in [0.2, 0.25) is 0 Å². The number of halogens is 3. The topological polar surface area (TPSA) is 50.2 Å². The van der Waals surface area contributed by atoms with Crippen molar-refractivity contribution in [3.8, 4) is 0 Å². The van der Waals surface area contributed by atoms with Crippen LogP contribution in [0.3, 0.4) is 0 Å². The first-order chi connectivity index (χ1) is 9.04. The number of alkyl halides is 2. The zero-order valence-corrected chi connectivity index (χ0v) is 10.5. The second kappa shape index (κ2) is 5.60. The molecule has 1 aromatic heterocycles. The van der Waals surface area contributed by atoms with Gasteiger partial charge in [0.1, 0.15) is 11.3 Å². The predicted molar refractivity (Wildman–Crippen MR) is 61.1 cm³/mol. The minimum atomic E-state index is -2.98. The second-order valence-corrected chi connectivity index (χ2v) is 4.30. The molecule has 2 heterocycles. The van der Waals surface area contributed by atoms with E-state index in [4.69, 9.17) is 0 Å². The second-order valence-electron chi connectivity index (χ2n) is 4.30. The lowest BCUT2D eigenvalue weighted by atomic mass is 10.2. The Balaban J connectivity index is 2.25. The van der Waals surface area contributed by atoms with Gasteiger partial charge in [0.25, 0.3) is 12.3 Å². The van der Waals surface area contributed by atoms with Crippen LogP contribution in [-0.4, -0.2) is 33.8 Å². The van der Waals surface area contributed by atoms with E-state index in [1.807, 2.05) is 0 Å². The molecule has 8 heteroatoms. The molecule has 0 aromatic carbocycles. The van der Waals surface area contributed by atoms with Gasteiger partial charge in [-0.2, -0.15) is 9.49 Å². The maximum absolute atomic E-state index is 13.9. The summed E-state index contributed by atoms with van der Waals surface area (Å²) < 4.78 is 40.2. The van der Waals surface area contributed by atoms with Gasteiger partial charge < -0.3 is 0 Å². The van der Waals surface area contributed by atoms with Crippen LogP contribution in [0.1, 0.15) is 42.2 Å². The normalized spacial score (nSPS) is 16.3. The van der Waals surface area contributed by atoms with E-state index in [0.29, 0.717) is 13.1 Å². The molecule has 1 fully saturated rings. The van der Waals surface area contributed by atoms with Crippen LogP contribution in [0.4, 0.5) is 13.2 Å². The Kier molecular flexibility index (Phi) is 4.08. The van der Waals surface area contributed by atoms with Gasteiger partial charge in [-0.1, -0.05) is 0 Å². The molecule has 1 aliphatic rings. The Bertz CT molecular complexity index is 469. The van der Waals surface area contributed by atoms with Gasteiger partial charge in [-0.15, -0.1) is 0 Å². The summed E-state index contributed by atoms with van der Waals surface area (Å²) in [7, 11) is 0. The van der Waals surface area contributed by atoms with E-state index in [1.165, 1.54) is 0 Å². The first-order valence-electron chi connectivity index (χ1n) is 6.14. The molecule has 0 radical (unpaired) electrons. The quantitative estimate of drug-likeness (QED) is 0.911. The fourth-order valence-electron chi connectivity index (χ4n) is 2.06. The van der Waals surface area contributed by atoms with Gasteiger partial charge in [0.05, 0.1) is 0 Å². The van der Waals surface area contributed by atoms with Crippen molar-refractivity contribution in [1.82, 2.24) is 20.2 Å². The molecule has 5 nitrogen and oxygen atoms in total. The Labute approximate surface area is 108 Å². The van der Waals surface area contributed by atoms with Gasteiger partial charge in [-0.3, -0.25) is 10.2 Å². The maximum atomic E-state index is 13.9. The van der Waals surface area contributed by atoms with Crippen molar-refractivity contribution in [3.05, 3.63) is 17.2 Å². The number of hydrogen-bond acceptors (Lipinski definition) is 3. The lowest BCUT2D eigenvalue weighted by molar-refractivity contribution is 0.0808. The van der Waals surface area contributed by atoms with E-state index in [1.54, 1.807) is 11.9 Å². The highest BCUT2D eigenvalue weighted by Gasteiger charge is 2.30. The van der Waals surface area contributed by atoms with Crippen molar-refractivity contribution in [2.45, 2.75) is 32.7 Å². The van der Waals surface area contributed by atoms with Gasteiger partial charge in [0, 0.05) is 19.6 Å². The molecule has 1 amide bonds. The summed E-state index contributed by atoms with van der Waals surface area (Å²) in [6, 6.07) is 0. The standard InChI is InChI=1S/C11H15F3N4O/c1-2-18-10(14)7(8(15-18)9(12)13)11(19)16-17-5-3-4-6-17/h9H,2-6H2,1H3,(H,16,19). The number of hydrazine groups is 1. The first kappa shape index (κ1) is 13.9. The molecule has 106 valence electrons. The van der Waals surface area contributed by atoms with Gasteiger partial charge in [-0.05, 0) is 19.8 Å². The van der Waals surface area contributed by atoms with Crippen LogP contribution in [0.5, 0.6) is 0 Å². The molecule has 19 heavy (non-hydrogen) atoms. The van der Waals surface area contributed by atoms with Crippen LogP contribution in [-0.2, 0) is 6.54 Å². The van der Waals surface area contributed by atoms with Gasteiger partial charge in [0.15, 0.2) is 0 Å². The summed E-state index contributed by atoms with van der Waals surface area (Å²) in [5, 5.41) is 5.03. The third-order valence-electron chi connectivity index (χ3n) is 3.02. The molecule has 1 saturated heterocycles. The minimum absolute atomic E-state index is 0.0859. The number of hydrogen-bond donors (Lipinski definition) is 1. The van der Waals surface area contributed by atoms with Crippen molar-refractivity contribution in [2.24, 2.45) is 0 Å². The van der Waals surface area contributed by atoms with Crippen molar-refractivity contribution in [2.75, 3.05) is 13.1 Å². The molecule has 0 bridgehead atoms. The average molecular weight is 276 g/mol. The number of aryl methyl sites for hydroxylation is 1. The number of rotatable bonds is 4. The first-order valence-corrected chi connectivity index (χ1v) is 6.14. The number of nitrogens with zero attached hydrogens (tertiary/aromatic N) is 3. The molecule has 1 aromatic rings. The van der Waals surface area contributed by atoms with Crippen molar-refractivity contribution in [1.29, 1.82) is 0 Å². The smallest absolute Gasteiger partial charge is 0.283 e. The van der Waals surface area contributed by atoms with Crippen molar-refractivity contribution in [3.63, 3.8) is 0 Å². The van der Waals surface area contributed by atoms with E-state index in [0.717, 1.165) is 17.5 Å². The Morgan fingerprint density at radius 2 is 2.05 bits per heavy atom. The van der Waals surface area contributed by atoms with Gasteiger partial charge >= 0.3 is 0 Å². The van der Waals surface area contributed by atoms with Crippen molar-refractivity contribution < 1.29 is 18.0 Å². The maximum Gasteiger partial charge on any atom is 0.283 e. The molecular weight excluding hydrogens is 261 g/mol. The highest BCUT2D eigenvalue weighted by atomic mass is 19.3. The Hall–Kier alpha value is -1.57. The summed E-state index contributed by atoms with van der Waals surface area (Å²) in [6.45, 7) is 2.93. The Morgan fingerprint density at radius 3 is 2.58 bits per heavy atom. The van der Waals surface area contributed by atoms with E-state index in [2.05, 4.69) is 10.5 Å². The van der Waals surface area contributed by atoms with E-state index in [9.17, 15) is 18.0 Å².